The van der Waals surface area contributed by atoms with Gasteiger partial charge in [0.1, 0.15) is 5.82 Å². The summed E-state index contributed by atoms with van der Waals surface area (Å²) in [6.07, 6.45) is 0. The molecule has 0 aliphatic rings. The van der Waals surface area contributed by atoms with Gasteiger partial charge in [0.15, 0.2) is 0 Å². The Morgan fingerprint density at radius 3 is 2.54 bits per heavy atom. The average Bonchev–Trinajstić information content (AvgIpc) is 2.89. The van der Waals surface area contributed by atoms with Gasteiger partial charge in [-0.3, -0.25) is 4.79 Å². The van der Waals surface area contributed by atoms with Gasteiger partial charge in [0.25, 0.3) is 5.91 Å². The SMILES string of the molecule is Cc1nc(C(=O)NC(C)(C)CN)nn1-c1ccccc1C(C)C.Cl. The number of para-hydroxylation sites is 1. The van der Waals surface area contributed by atoms with E-state index in [1.807, 2.05) is 39.0 Å². The molecule has 7 heteroatoms. The van der Waals surface area contributed by atoms with Crippen molar-refractivity contribution in [3.8, 4) is 5.69 Å². The molecule has 6 nitrogen and oxygen atoms in total. The van der Waals surface area contributed by atoms with Crippen LogP contribution in [0.15, 0.2) is 24.3 Å². The van der Waals surface area contributed by atoms with Crippen molar-refractivity contribution in [2.24, 2.45) is 5.73 Å². The van der Waals surface area contributed by atoms with Gasteiger partial charge < -0.3 is 11.1 Å². The maximum Gasteiger partial charge on any atom is 0.291 e. The first kappa shape index (κ1) is 20.1. The zero-order valence-electron chi connectivity index (χ0n) is 14.8. The highest BCUT2D eigenvalue weighted by molar-refractivity contribution is 5.91. The number of hydrogen-bond donors (Lipinski definition) is 2. The molecule has 0 saturated heterocycles. The van der Waals surface area contributed by atoms with E-state index < -0.39 is 5.54 Å². The van der Waals surface area contributed by atoms with Gasteiger partial charge in [0.05, 0.1) is 5.69 Å². The summed E-state index contributed by atoms with van der Waals surface area (Å²) in [5.74, 6) is 0.865. The number of aryl methyl sites for hydroxylation is 1. The molecule has 0 fully saturated rings. The van der Waals surface area contributed by atoms with E-state index in [1.165, 1.54) is 0 Å². The van der Waals surface area contributed by atoms with Gasteiger partial charge in [-0.05, 0) is 38.3 Å². The number of nitrogens with zero attached hydrogens (tertiary/aromatic N) is 3. The Balaban J connectivity index is 0.00000288. The fourth-order valence-electron chi connectivity index (χ4n) is 2.30. The van der Waals surface area contributed by atoms with Gasteiger partial charge in [-0.1, -0.05) is 32.0 Å². The predicted octanol–water partition coefficient (Wildman–Crippen LogP) is 2.59. The molecule has 0 radical (unpaired) electrons. The number of nitrogens with one attached hydrogen (secondary N) is 1. The Labute approximate surface area is 149 Å². The predicted molar refractivity (Wildman–Crippen MR) is 98.0 cm³/mol. The van der Waals surface area contributed by atoms with E-state index in [1.54, 1.807) is 4.68 Å². The fourth-order valence-corrected chi connectivity index (χ4v) is 2.30. The summed E-state index contributed by atoms with van der Waals surface area (Å²) >= 11 is 0. The van der Waals surface area contributed by atoms with Crippen molar-refractivity contribution in [3.63, 3.8) is 0 Å². The Kier molecular flexibility index (Phi) is 6.51. The maximum atomic E-state index is 12.3. The lowest BCUT2D eigenvalue weighted by Crippen LogP contribution is -2.49. The molecular formula is C17H26ClN5O. The van der Waals surface area contributed by atoms with E-state index in [2.05, 4.69) is 35.3 Å². The maximum absolute atomic E-state index is 12.3. The fraction of sp³-hybridized carbons (Fsp3) is 0.471. The molecular weight excluding hydrogens is 326 g/mol. The van der Waals surface area contributed by atoms with Crippen LogP contribution in [0.5, 0.6) is 0 Å². The minimum absolute atomic E-state index is 0. The number of aromatic nitrogens is 3. The standard InChI is InChI=1S/C17H25N5O.ClH/c1-11(2)13-8-6-7-9-14(13)22-12(3)19-15(21-22)16(23)20-17(4,5)10-18;/h6-9,11H,10,18H2,1-5H3,(H,20,23);1H. The molecule has 1 heterocycles. The second kappa shape index (κ2) is 7.77. The highest BCUT2D eigenvalue weighted by Crippen LogP contribution is 2.23. The second-order valence-corrected chi connectivity index (χ2v) is 6.65. The zero-order chi connectivity index (χ0) is 17.2. The van der Waals surface area contributed by atoms with Crippen molar-refractivity contribution in [2.45, 2.75) is 46.1 Å². The molecule has 3 N–H and O–H groups in total. The molecule has 24 heavy (non-hydrogen) atoms. The Bertz CT molecular complexity index is 709. The van der Waals surface area contributed by atoms with Crippen LogP contribution in [0.25, 0.3) is 5.69 Å². The molecule has 2 aromatic rings. The van der Waals surface area contributed by atoms with E-state index in [0.29, 0.717) is 18.3 Å². The molecule has 0 saturated carbocycles. The third-order valence-electron chi connectivity index (χ3n) is 3.72. The number of rotatable bonds is 5. The minimum Gasteiger partial charge on any atom is -0.343 e. The Hall–Kier alpha value is -1.92. The second-order valence-electron chi connectivity index (χ2n) is 6.65. The van der Waals surface area contributed by atoms with Crippen LogP contribution in [-0.4, -0.2) is 32.8 Å². The van der Waals surface area contributed by atoms with Crippen LogP contribution >= 0.6 is 12.4 Å². The molecule has 0 unspecified atom stereocenters. The third kappa shape index (κ3) is 4.33. The van der Waals surface area contributed by atoms with E-state index in [0.717, 1.165) is 11.3 Å². The van der Waals surface area contributed by atoms with Crippen molar-refractivity contribution in [1.29, 1.82) is 0 Å². The van der Waals surface area contributed by atoms with Gasteiger partial charge in [-0.15, -0.1) is 17.5 Å². The van der Waals surface area contributed by atoms with Crippen LogP contribution < -0.4 is 11.1 Å². The number of benzene rings is 1. The number of halogens is 1. The number of hydrogen-bond acceptors (Lipinski definition) is 4. The molecule has 132 valence electrons. The van der Waals surface area contributed by atoms with Crippen molar-refractivity contribution >= 4 is 18.3 Å². The number of carbonyl (C=O) groups excluding carboxylic acids is 1. The van der Waals surface area contributed by atoms with Crippen LogP contribution in [-0.2, 0) is 0 Å². The van der Waals surface area contributed by atoms with Crippen molar-refractivity contribution < 1.29 is 4.79 Å². The van der Waals surface area contributed by atoms with Crippen LogP contribution in [0.2, 0.25) is 0 Å². The monoisotopic (exact) mass is 351 g/mol. The van der Waals surface area contributed by atoms with Gasteiger partial charge in [0.2, 0.25) is 5.82 Å². The number of amides is 1. The molecule has 0 spiro atoms. The molecule has 0 bridgehead atoms. The Morgan fingerprint density at radius 2 is 1.96 bits per heavy atom. The lowest BCUT2D eigenvalue weighted by Gasteiger charge is -2.23. The molecule has 1 aromatic heterocycles. The molecule has 0 atom stereocenters. The highest BCUT2D eigenvalue weighted by Gasteiger charge is 2.23. The van der Waals surface area contributed by atoms with Crippen molar-refractivity contribution in [2.75, 3.05) is 6.54 Å². The summed E-state index contributed by atoms with van der Waals surface area (Å²) in [4.78, 5) is 16.6. The average molecular weight is 352 g/mol. The van der Waals surface area contributed by atoms with Crippen molar-refractivity contribution in [3.05, 3.63) is 41.5 Å². The summed E-state index contributed by atoms with van der Waals surface area (Å²) in [5, 5.41) is 7.24. The van der Waals surface area contributed by atoms with E-state index in [4.69, 9.17) is 5.73 Å². The summed E-state index contributed by atoms with van der Waals surface area (Å²) in [6.45, 7) is 10.2. The van der Waals surface area contributed by atoms with Gasteiger partial charge in [-0.25, -0.2) is 9.67 Å². The molecule has 1 aromatic carbocycles. The highest BCUT2D eigenvalue weighted by atomic mass is 35.5. The molecule has 0 aliphatic heterocycles. The van der Waals surface area contributed by atoms with Gasteiger partial charge in [-0.2, -0.15) is 0 Å². The summed E-state index contributed by atoms with van der Waals surface area (Å²) in [5.41, 5.74) is 7.27. The minimum atomic E-state index is -0.494. The quantitative estimate of drug-likeness (QED) is 0.866. The lowest BCUT2D eigenvalue weighted by molar-refractivity contribution is 0.0905. The number of carbonyl (C=O) groups is 1. The first-order chi connectivity index (χ1) is 10.7. The normalized spacial score (nSPS) is 11.3. The van der Waals surface area contributed by atoms with Gasteiger partial charge in [0, 0.05) is 12.1 Å². The first-order valence-corrected chi connectivity index (χ1v) is 7.80. The summed E-state index contributed by atoms with van der Waals surface area (Å²) in [6, 6.07) is 8.02. The Morgan fingerprint density at radius 1 is 1.33 bits per heavy atom. The third-order valence-corrected chi connectivity index (χ3v) is 3.72. The molecule has 2 rings (SSSR count). The zero-order valence-corrected chi connectivity index (χ0v) is 15.6. The van der Waals surface area contributed by atoms with Crippen LogP contribution in [0.1, 0.15) is 55.6 Å². The van der Waals surface area contributed by atoms with Crippen LogP contribution in [0.3, 0.4) is 0 Å². The van der Waals surface area contributed by atoms with E-state index >= 15 is 0 Å². The summed E-state index contributed by atoms with van der Waals surface area (Å²) in [7, 11) is 0. The van der Waals surface area contributed by atoms with E-state index in [-0.39, 0.29) is 24.1 Å². The van der Waals surface area contributed by atoms with Crippen LogP contribution in [0, 0.1) is 6.92 Å². The largest absolute Gasteiger partial charge is 0.343 e. The number of nitrogens with two attached hydrogens (primary N) is 1. The smallest absolute Gasteiger partial charge is 0.291 e. The molecule has 1 amide bonds. The first-order valence-electron chi connectivity index (χ1n) is 7.80. The lowest BCUT2D eigenvalue weighted by atomic mass is 10.0. The van der Waals surface area contributed by atoms with Gasteiger partial charge >= 0.3 is 0 Å². The molecule has 0 aliphatic carbocycles. The van der Waals surface area contributed by atoms with Crippen molar-refractivity contribution in [1.82, 2.24) is 20.1 Å². The topological polar surface area (TPSA) is 85.8 Å². The van der Waals surface area contributed by atoms with E-state index in [9.17, 15) is 4.79 Å². The van der Waals surface area contributed by atoms with Crippen LogP contribution in [0.4, 0.5) is 0 Å². The summed E-state index contributed by atoms with van der Waals surface area (Å²) < 4.78 is 1.72.